The molecule has 2 rings (SSSR count). The molecule has 0 bridgehead atoms. The maximum atomic E-state index is 3.57. The second-order valence-corrected chi connectivity index (χ2v) is 5.87. The number of benzene rings is 1. The minimum Gasteiger partial charge on any atom is -0.385 e. The van der Waals surface area contributed by atoms with Crippen LogP contribution in [0.5, 0.6) is 0 Å². The zero-order chi connectivity index (χ0) is 13.0. The van der Waals surface area contributed by atoms with Crippen LogP contribution in [0.15, 0.2) is 18.2 Å². The van der Waals surface area contributed by atoms with Gasteiger partial charge in [0.05, 0.1) is 0 Å². The molecule has 1 aliphatic rings. The summed E-state index contributed by atoms with van der Waals surface area (Å²) < 4.78 is 0. The summed E-state index contributed by atoms with van der Waals surface area (Å²) in [5.41, 5.74) is 4.23. The van der Waals surface area contributed by atoms with Crippen LogP contribution in [0, 0.1) is 11.8 Å². The molecule has 1 heterocycles. The van der Waals surface area contributed by atoms with Gasteiger partial charge in [0, 0.05) is 18.8 Å². The highest BCUT2D eigenvalue weighted by molar-refractivity contribution is 5.54. The van der Waals surface area contributed by atoms with Gasteiger partial charge in [-0.1, -0.05) is 32.9 Å². The van der Waals surface area contributed by atoms with Gasteiger partial charge in [-0.25, -0.2) is 0 Å². The van der Waals surface area contributed by atoms with Crippen LogP contribution in [-0.2, 0) is 13.0 Å². The molecule has 2 nitrogen and oxygen atoms in total. The number of nitrogens with one attached hydrogen (secondary N) is 2. The number of anilines is 1. The van der Waals surface area contributed by atoms with E-state index in [1.54, 1.807) is 0 Å². The van der Waals surface area contributed by atoms with Crippen molar-refractivity contribution in [2.75, 3.05) is 18.4 Å². The van der Waals surface area contributed by atoms with Gasteiger partial charge < -0.3 is 10.6 Å². The summed E-state index contributed by atoms with van der Waals surface area (Å²) in [6.07, 6.45) is 2.48. The lowest BCUT2D eigenvalue weighted by atomic mass is 9.98. The summed E-state index contributed by atoms with van der Waals surface area (Å²) in [4.78, 5) is 0. The van der Waals surface area contributed by atoms with E-state index in [0.717, 1.165) is 31.5 Å². The molecular formula is C16H26N2. The third-order valence-corrected chi connectivity index (χ3v) is 4.04. The molecule has 1 atom stereocenters. The van der Waals surface area contributed by atoms with Crippen molar-refractivity contribution in [3.8, 4) is 0 Å². The fourth-order valence-corrected chi connectivity index (χ4v) is 2.32. The standard InChI is InChI=1S/C16H26N2/c1-12(2)13(3)10-17-11-14-6-7-16-15(9-14)5-4-8-18-16/h6-7,9,12-13,17-18H,4-5,8,10-11H2,1-3H3. The Bertz CT molecular complexity index is 385. The third kappa shape index (κ3) is 3.49. The SMILES string of the molecule is CC(C)C(C)CNCc1ccc2c(c1)CCCN2. The lowest BCUT2D eigenvalue weighted by Crippen LogP contribution is -2.24. The first-order valence-electron chi connectivity index (χ1n) is 7.23. The maximum Gasteiger partial charge on any atom is 0.0372 e. The predicted octanol–water partition coefficient (Wildman–Crippen LogP) is 3.43. The van der Waals surface area contributed by atoms with Crippen molar-refractivity contribution in [1.29, 1.82) is 0 Å². The van der Waals surface area contributed by atoms with Crippen molar-refractivity contribution in [2.24, 2.45) is 11.8 Å². The number of hydrogen-bond donors (Lipinski definition) is 2. The van der Waals surface area contributed by atoms with Crippen molar-refractivity contribution in [3.05, 3.63) is 29.3 Å². The van der Waals surface area contributed by atoms with Gasteiger partial charge in [-0.05, 0) is 48.4 Å². The molecule has 18 heavy (non-hydrogen) atoms. The molecule has 100 valence electrons. The summed E-state index contributed by atoms with van der Waals surface area (Å²) in [6, 6.07) is 6.83. The number of hydrogen-bond acceptors (Lipinski definition) is 2. The van der Waals surface area contributed by atoms with E-state index >= 15 is 0 Å². The molecule has 2 heteroatoms. The van der Waals surface area contributed by atoms with Crippen LogP contribution in [0.3, 0.4) is 0 Å². The highest BCUT2D eigenvalue weighted by atomic mass is 14.9. The molecule has 0 aromatic heterocycles. The van der Waals surface area contributed by atoms with Gasteiger partial charge in [-0.15, -0.1) is 0 Å². The van der Waals surface area contributed by atoms with Crippen LogP contribution in [0.25, 0.3) is 0 Å². The molecule has 1 aliphatic heterocycles. The molecule has 0 saturated carbocycles. The highest BCUT2D eigenvalue weighted by Gasteiger charge is 2.09. The van der Waals surface area contributed by atoms with Gasteiger partial charge in [-0.2, -0.15) is 0 Å². The minimum atomic E-state index is 0.740. The quantitative estimate of drug-likeness (QED) is 0.832. The zero-order valence-electron chi connectivity index (χ0n) is 11.9. The molecule has 1 aromatic carbocycles. The molecule has 0 spiro atoms. The highest BCUT2D eigenvalue weighted by Crippen LogP contribution is 2.22. The average molecular weight is 246 g/mol. The summed E-state index contributed by atoms with van der Waals surface area (Å²) in [6.45, 7) is 10.1. The molecular weight excluding hydrogens is 220 g/mol. The Hall–Kier alpha value is -1.02. The van der Waals surface area contributed by atoms with E-state index in [2.05, 4.69) is 49.6 Å². The second kappa shape index (κ2) is 6.24. The fourth-order valence-electron chi connectivity index (χ4n) is 2.32. The lowest BCUT2D eigenvalue weighted by molar-refractivity contribution is 0.392. The van der Waals surface area contributed by atoms with E-state index in [9.17, 15) is 0 Å². The topological polar surface area (TPSA) is 24.1 Å². The Labute approximate surface area is 111 Å². The van der Waals surface area contributed by atoms with Crippen molar-refractivity contribution in [2.45, 2.75) is 40.2 Å². The zero-order valence-corrected chi connectivity index (χ0v) is 11.9. The lowest BCUT2D eigenvalue weighted by Gasteiger charge is -2.19. The second-order valence-electron chi connectivity index (χ2n) is 5.87. The largest absolute Gasteiger partial charge is 0.385 e. The first-order chi connectivity index (χ1) is 8.66. The number of aryl methyl sites for hydroxylation is 1. The van der Waals surface area contributed by atoms with Crippen molar-refractivity contribution in [3.63, 3.8) is 0 Å². The summed E-state index contributed by atoms with van der Waals surface area (Å²) in [5.74, 6) is 1.49. The van der Waals surface area contributed by atoms with E-state index in [4.69, 9.17) is 0 Å². The van der Waals surface area contributed by atoms with Gasteiger partial charge in [0.15, 0.2) is 0 Å². The van der Waals surface area contributed by atoms with Gasteiger partial charge in [0.1, 0.15) is 0 Å². The van der Waals surface area contributed by atoms with Crippen LogP contribution in [0.1, 0.15) is 38.3 Å². The van der Waals surface area contributed by atoms with Crippen molar-refractivity contribution < 1.29 is 0 Å². The first-order valence-corrected chi connectivity index (χ1v) is 7.23. The van der Waals surface area contributed by atoms with E-state index in [-0.39, 0.29) is 0 Å². The monoisotopic (exact) mass is 246 g/mol. The van der Waals surface area contributed by atoms with Crippen molar-refractivity contribution in [1.82, 2.24) is 5.32 Å². The van der Waals surface area contributed by atoms with Crippen LogP contribution in [0.2, 0.25) is 0 Å². The molecule has 0 amide bonds. The molecule has 0 fully saturated rings. The van der Waals surface area contributed by atoms with E-state index in [1.807, 2.05) is 0 Å². The van der Waals surface area contributed by atoms with Crippen LogP contribution in [-0.4, -0.2) is 13.1 Å². The van der Waals surface area contributed by atoms with Crippen LogP contribution in [0.4, 0.5) is 5.69 Å². The summed E-state index contributed by atoms with van der Waals surface area (Å²) in [7, 11) is 0. The molecule has 1 aromatic rings. The maximum absolute atomic E-state index is 3.57. The summed E-state index contributed by atoms with van der Waals surface area (Å²) in [5, 5.41) is 7.03. The Kier molecular flexibility index (Phi) is 4.65. The Morgan fingerprint density at radius 3 is 2.89 bits per heavy atom. The average Bonchev–Trinajstić information content (AvgIpc) is 2.38. The van der Waals surface area contributed by atoms with Crippen LogP contribution >= 0.6 is 0 Å². The molecule has 2 N–H and O–H groups in total. The predicted molar refractivity (Wildman–Crippen MR) is 79.0 cm³/mol. The smallest absolute Gasteiger partial charge is 0.0372 e. The van der Waals surface area contributed by atoms with E-state index < -0.39 is 0 Å². The number of fused-ring (bicyclic) bond motifs is 1. The van der Waals surface area contributed by atoms with Gasteiger partial charge in [0.2, 0.25) is 0 Å². The van der Waals surface area contributed by atoms with Gasteiger partial charge in [-0.3, -0.25) is 0 Å². The Morgan fingerprint density at radius 2 is 2.11 bits per heavy atom. The number of rotatable bonds is 5. The molecule has 0 radical (unpaired) electrons. The molecule has 0 saturated heterocycles. The molecule has 0 aliphatic carbocycles. The Morgan fingerprint density at radius 1 is 1.28 bits per heavy atom. The Balaban J connectivity index is 1.86. The molecule has 1 unspecified atom stereocenters. The van der Waals surface area contributed by atoms with Crippen molar-refractivity contribution >= 4 is 5.69 Å². The summed E-state index contributed by atoms with van der Waals surface area (Å²) >= 11 is 0. The normalized spacial score (nSPS) is 16.2. The van der Waals surface area contributed by atoms with Gasteiger partial charge in [0.25, 0.3) is 0 Å². The van der Waals surface area contributed by atoms with Gasteiger partial charge >= 0.3 is 0 Å². The first kappa shape index (κ1) is 13.4. The fraction of sp³-hybridized carbons (Fsp3) is 0.625. The van der Waals surface area contributed by atoms with Crippen LogP contribution < -0.4 is 10.6 Å². The van der Waals surface area contributed by atoms with E-state index in [1.165, 1.54) is 29.7 Å². The van der Waals surface area contributed by atoms with E-state index in [0.29, 0.717) is 0 Å². The third-order valence-electron chi connectivity index (χ3n) is 4.04. The minimum absolute atomic E-state index is 0.740.